The average molecular weight is 511 g/mol. The summed E-state index contributed by atoms with van der Waals surface area (Å²) in [6, 6.07) is 7.02. The highest BCUT2D eigenvalue weighted by molar-refractivity contribution is 6.74. The Morgan fingerprint density at radius 2 is 1.50 bits per heavy atom. The molecule has 1 aromatic rings. The van der Waals surface area contributed by atoms with E-state index in [1.807, 2.05) is 0 Å². The molecule has 1 N–H and O–H groups in total. The lowest BCUT2D eigenvalue weighted by atomic mass is 10.1. The maximum atomic E-state index is 5.50. The van der Waals surface area contributed by atoms with Crippen LogP contribution < -0.4 is 20.6 Å². The molecule has 1 rings (SSSR count). The van der Waals surface area contributed by atoms with Crippen molar-refractivity contribution in [1.82, 2.24) is 5.32 Å². The molecule has 0 unspecified atom stereocenters. The van der Waals surface area contributed by atoms with E-state index >= 15 is 0 Å². The number of rotatable bonds is 17. The fourth-order valence-electron chi connectivity index (χ4n) is 4.13. The van der Waals surface area contributed by atoms with Crippen molar-refractivity contribution < 1.29 is 13.3 Å². The van der Waals surface area contributed by atoms with Crippen LogP contribution in [0.15, 0.2) is 12.1 Å². The minimum Gasteiger partial charge on any atom is -0.377 e. The highest BCUT2D eigenvalue weighted by Gasteiger charge is 2.36. The van der Waals surface area contributed by atoms with Crippen LogP contribution >= 0.6 is 0 Å². The number of anilines is 1. The van der Waals surface area contributed by atoms with Gasteiger partial charge in [0.1, 0.15) is 0 Å². The van der Waals surface area contributed by atoms with Gasteiger partial charge < -0.3 is 23.5 Å². The summed E-state index contributed by atoms with van der Waals surface area (Å²) in [4.78, 5) is 2.61. The number of benzene rings is 1. The molecule has 0 heterocycles. The van der Waals surface area contributed by atoms with Gasteiger partial charge in [-0.05, 0) is 50.2 Å². The molecule has 0 spiro atoms. The van der Waals surface area contributed by atoms with Gasteiger partial charge in [0.05, 0.1) is 27.1 Å². The van der Waals surface area contributed by atoms with E-state index in [-0.39, 0.29) is 0 Å². The molecule has 5 nitrogen and oxygen atoms in total. The Balaban J connectivity index is 2.72. The Kier molecular flexibility index (Phi) is 14.5. The lowest BCUT2D eigenvalue weighted by Crippen LogP contribution is -2.43. The zero-order valence-corrected chi connectivity index (χ0v) is 26.0. The first kappa shape index (κ1) is 29.8. The summed E-state index contributed by atoms with van der Waals surface area (Å²) in [5.41, 5.74) is 3.23. The van der Waals surface area contributed by atoms with Crippen molar-refractivity contribution in [3.05, 3.63) is 17.7 Å². The molecule has 9 heteroatoms. The molecule has 32 heavy (non-hydrogen) atoms. The van der Waals surface area contributed by atoms with Gasteiger partial charge in [0.2, 0.25) is 0 Å². The van der Waals surface area contributed by atoms with Crippen LogP contribution in [0.3, 0.4) is 0 Å². The summed E-state index contributed by atoms with van der Waals surface area (Å²) >= 11 is 0. The highest BCUT2D eigenvalue weighted by atomic mass is 28.4. The van der Waals surface area contributed by atoms with Gasteiger partial charge in [-0.2, -0.15) is 0 Å². The van der Waals surface area contributed by atoms with E-state index in [9.17, 15) is 0 Å². The largest absolute Gasteiger partial charge is 0.500 e. The van der Waals surface area contributed by atoms with Gasteiger partial charge in [0.15, 0.2) is 0 Å². The SMILES string of the molecule is CCN(CC)c1c([Si](C)C)ccc([Si](C)C)c1CC[Si]CNCCC[Si](OC)(OC)OC. The number of hydrogen-bond acceptors (Lipinski definition) is 5. The van der Waals surface area contributed by atoms with Crippen LogP contribution in [-0.2, 0) is 19.7 Å². The number of nitrogens with one attached hydrogen (secondary N) is 1. The summed E-state index contributed by atoms with van der Waals surface area (Å²) in [6.07, 6.45) is 3.30. The first-order valence-electron chi connectivity index (χ1n) is 11.9. The van der Waals surface area contributed by atoms with Gasteiger partial charge in [0, 0.05) is 46.2 Å². The lowest BCUT2D eigenvalue weighted by molar-refractivity contribution is 0.123. The molecule has 0 bridgehead atoms. The van der Waals surface area contributed by atoms with Crippen molar-refractivity contribution >= 4 is 52.0 Å². The average Bonchev–Trinajstić information content (AvgIpc) is 2.79. The molecular formula is C23H46N2O3Si4. The first-order valence-corrected chi connectivity index (χ1v) is 20.2. The molecule has 182 valence electrons. The zero-order chi connectivity index (χ0) is 24.1. The second-order valence-corrected chi connectivity index (χ2v) is 18.0. The van der Waals surface area contributed by atoms with Crippen molar-refractivity contribution in [2.75, 3.05) is 52.0 Å². The lowest BCUT2D eigenvalue weighted by Gasteiger charge is -2.31. The molecule has 0 amide bonds. The van der Waals surface area contributed by atoms with Gasteiger partial charge in [0.25, 0.3) is 0 Å². The molecule has 0 atom stereocenters. The van der Waals surface area contributed by atoms with Crippen LogP contribution in [0.2, 0.25) is 38.3 Å². The fourth-order valence-corrected chi connectivity index (χ4v) is 9.27. The van der Waals surface area contributed by atoms with Crippen LogP contribution in [0, 0.1) is 0 Å². The van der Waals surface area contributed by atoms with Gasteiger partial charge in [-0.25, -0.2) is 0 Å². The molecule has 0 saturated carbocycles. The van der Waals surface area contributed by atoms with E-state index < -0.39 is 26.4 Å². The zero-order valence-electron chi connectivity index (χ0n) is 22.0. The first-order chi connectivity index (χ1) is 15.3. The second kappa shape index (κ2) is 15.6. The molecule has 0 fully saturated rings. The van der Waals surface area contributed by atoms with E-state index in [0.29, 0.717) is 0 Å². The Morgan fingerprint density at radius 3 is 2.00 bits per heavy atom. The van der Waals surface area contributed by atoms with Gasteiger partial charge in [-0.3, -0.25) is 0 Å². The minimum atomic E-state index is -2.43. The van der Waals surface area contributed by atoms with Crippen LogP contribution in [0.4, 0.5) is 5.69 Å². The molecule has 0 saturated heterocycles. The Labute approximate surface area is 205 Å². The van der Waals surface area contributed by atoms with Crippen molar-refractivity contribution in [3.8, 4) is 0 Å². The van der Waals surface area contributed by atoms with Crippen LogP contribution in [0.25, 0.3) is 0 Å². The van der Waals surface area contributed by atoms with Gasteiger partial charge >= 0.3 is 8.80 Å². The number of hydrogen-bond donors (Lipinski definition) is 1. The van der Waals surface area contributed by atoms with Crippen molar-refractivity contribution in [2.24, 2.45) is 0 Å². The highest BCUT2D eigenvalue weighted by Crippen LogP contribution is 2.21. The fraction of sp³-hybridized carbons (Fsp3) is 0.739. The predicted molar refractivity (Wildman–Crippen MR) is 148 cm³/mol. The molecular weight excluding hydrogens is 465 g/mol. The van der Waals surface area contributed by atoms with E-state index in [1.165, 1.54) is 12.5 Å². The third-order valence-corrected chi connectivity index (χ3v) is 13.0. The molecule has 0 aliphatic carbocycles. The van der Waals surface area contributed by atoms with E-state index in [1.54, 1.807) is 43.0 Å². The van der Waals surface area contributed by atoms with Crippen molar-refractivity contribution in [1.29, 1.82) is 0 Å². The summed E-state index contributed by atoms with van der Waals surface area (Å²) in [7, 11) is 2.57. The van der Waals surface area contributed by atoms with Crippen LogP contribution in [0.5, 0.6) is 0 Å². The molecule has 1 aromatic carbocycles. The van der Waals surface area contributed by atoms with Crippen LogP contribution in [-0.4, -0.2) is 83.0 Å². The molecule has 0 aliphatic heterocycles. The third-order valence-electron chi connectivity index (χ3n) is 6.01. The minimum absolute atomic E-state index is 0.490. The van der Waals surface area contributed by atoms with Gasteiger partial charge in [-0.1, -0.05) is 49.6 Å². The van der Waals surface area contributed by atoms with E-state index in [0.717, 1.165) is 47.8 Å². The summed E-state index contributed by atoms with van der Waals surface area (Å²) in [5, 5.41) is 6.87. The predicted octanol–water partition coefficient (Wildman–Crippen LogP) is 2.94. The van der Waals surface area contributed by atoms with E-state index in [2.05, 4.69) is 62.4 Å². The van der Waals surface area contributed by atoms with Crippen molar-refractivity contribution in [2.45, 2.75) is 65.0 Å². The third kappa shape index (κ3) is 8.50. The Morgan fingerprint density at radius 1 is 0.938 bits per heavy atom. The van der Waals surface area contributed by atoms with E-state index in [4.69, 9.17) is 13.3 Å². The Bertz CT molecular complexity index is 646. The molecule has 0 aliphatic rings. The number of nitrogens with zero attached hydrogens (tertiary/aromatic N) is 1. The van der Waals surface area contributed by atoms with Crippen LogP contribution in [0.1, 0.15) is 25.8 Å². The quantitative estimate of drug-likeness (QED) is 0.258. The van der Waals surface area contributed by atoms with Gasteiger partial charge in [-0.15, -0.1) is 0 Å². The summed E-state index contributed by atoms with van der Waals surface area (Å²) in [6.45, 7) is 17.5. The van der Waals surface area contributed by atoms with Crippen molar-refractivity contribution in [3.63, 3.8) is 0 Å². The maximum Gasteiger partial charge on any atom is 0.500 e. The summed E-state index contributed by atoms with van der Waals surface area (Å²) in [5.74, 6) is 0. The second-order valence-electron chi connectivity index (χ2n) is 8.49. The maximum absolute atomic E-state index is 5.50. The molecule has 0 aromatic heterocycles. The topological polar surface area (TPSA) is 43.0 Å². The summed E-state index contributed by atoms with van der Waals surface area (Å²) < 4.78 is 16.5. The monoisotopic (exact) mass is 510 g/mol. The molecule has 4 radical (unpaired) electrons. The standard InChI is InChI=1S/C23H46N2O3Si4/c1-10-25(11-2)23-20(21(30(6)7)13-14-22(23)31(8)9)15-17-29-19-24-16-12-18-32(26-3,27-4)28-5/h13-14,24H,10-12,15-19H2,1-9H3. The normalized spacial score (nSPS) is 12.2. The smallest absolute Gasteiger partial charge is 0.377 e. The Hall–Kier alpha value is -0.272.